The van der Waals surface area contributed by atoms with Gasteiger partial charge in [-0.05, 0) is 68.5 Å². The van der Waals surface area contributed by atoms with Crippen molar-refractivity contribution < 1.29 is 15.1 Å². The number of hydrogen-bond donors (Lipinski definition) is 3. The van der Waals surface area contributed by atoms with Gasteiger partial charge in [-0.25, -0.2) is 0 Å². The third-order valence-electron chi connectivity index (χ3n) is 3.81. The molecule has 0 radical (unpaired) electrons. The summed E-state index contributed by atoms with van der Waals surface area (Å²) in [6, 6.07) is 9.63. The zero-order valence-electron chi connectivity index (χ0n) is 14.5. The number of aromatic hydroxyl groups is 1. The van der Waals surface area contributed by atoms with Crippen molar-refractivity contribution in [1.82, 2.24) is 5.32 Å². The first-order chi connectivity index (χ1) is 12.3. The minimum atomic E-state index is -0.419. The summed E-state index contributed by atoms with van der Waals surface area (Å²) in [6.07, 6.45) is 0.840. The fourth-order valence-electron chi connectivity index (χ4n) is 2.71. The lowest BCUT2D eigenvalue weighted by atomic mass is 9.91. The molecular formula is C18H19BBr2N2O3. The monoisotopic (exact) mass is 480 g/mol. The molecule has 2 rings (SSSR count). The van der Waals surface area contributed by atoms with Gasteiger partial charge in [0.05, 0.1) is 8.95 Å². The number of amides is 1. The molecule has 2 aromatic rings. The number of rotatable bonds is 6. The van der Waals surface area contributed by atoms with E-state index in [0.29, 0.717) is 21.9 Å². The van der Waals surface area contributed by atoms with Crippen LogP contribution in [0.2, 0.25) is 0 Å². The van der Waals surface area contributed by atoms with Gasteiger partial charge in [-0.1, -0.05) is 34.4 Å². The topological polar surface area (TPSA) is 81.9 Å². The van der Waals surface area contributed by atoms with Gasteiger partial charge in [0.1, 0.15) is 19.3 Å². The van der Waals surface area contributed by atoms with E-state index >= 15 is 0 Å². The molecule has 0 saturated heterocycles. The largest absolute Gasteiger partial charge is 0.506 e. The fourth-order valence-corrected chi connectivity index (χ4v) is 3.99. The molecule has 0 aliphatic heterocycles. The zero-order chi connectivity index (χ0) is 19.3. The second-order valence-corrected chi connectivity index (χ2v) is 7.84. The van der Waals surface area contributed by atoms with Crippen LogP contribution in [0.3, 0.4) is 0 Å². The van der Waals surface area contributed by atoms with Crippen molar-refractivity contribution in [2.24, 2.45) is 5.16 Å². The van der Waals surface area contributed by atoms with E-state index in [1.165, 1.54) is 11.0 Å². The Hall–Kier alpha value is -1.80. The zero-order valence-corrected chi connectivity index (χ0v) is 17.7. The molecule has 0 aromatic heterocycles. The van der Waals surface area contributed by atoms with Crippen LogP contribution in [0.4, 0.5) is 0 Å². The van der Waals surface area contributed by atoms with Crippen LogP contribution in [0, 0.1) is 6.92 Å². The van der Waals surface area contributed by atoms with E-state index in [-0.39, 0.29) is 17.9 Å². The summed E-state index contributed by atoms with van der Waals surface area (Å²) in [5.41, 5.74) is 4.25. The van der Waals surface area contributed by atoms with Crippen LogP contribution in [0.15, 0.2) is 44.4 Å². The Labute approximate surface area is 170 Å². The van der Waals surface area contributed by atoms with Crippen LogP contribution in [0.1, 0.15) is 16.7 Å². The molecule has 0 unspecified atom stereocenters. The first kappa shape index (κ1) is 20.5. The molecular weight excluding hydrogens is 463 g/mol. The predicted octanol–water partition coefficient (Wildman–Crippen LogP) is 2.22. The Bertz CT molecular complexity index is 813. The van der Waals surface area contributed by atoms with Crippen molar-refractivity contribution in [2.45, 2.75) is 19.8 Å². The van der Waals surface area contributed by atoms with Gasteiger partial charge in [-0.2, -0.15) is 0 Å². The Morgan fingerprint density at radius 3 is 2.38 bits per heavy atom. The van der Waals surface area contributed by atoms with E-state index < -0.39 is 5.91 Å². The number of phenols is 1. The summed E-state index contributed by atoms with van der Waals surface area (Å²) in [5, 5.41) is 24.8. The van der Waals surface area contributed by atoms with Gasteiger partial charge >= 0.3 is 0 Å². The van der Waals surface area contributed by atoms with Crippen molar-refractivity contribution in [3.63, 3.8) is 0 Å². The Morgan fingerprint density at radius 2 is 1.81 bits per heavy atom. The van der Waals surface area contributed by atoms with Crippen LogP contribution in [-0.2, 0) is 17.6 Å². The van der Waals surface area contributed by atoms with Gasteiger partial charge in [0, 0.05) is 13.0 Å². The smallest absolute Gasteiger partial charge is 0.269 e. The standard InChI is InChI=1S/C18H19BBr2N2O3/c1-10-4-11(6-13(19)5-10)2-3-22-18(25)16(23-26)9-12-7-14(20)17(24)15(21)8-12/h4-8,24,26H,2-3,9,19H2,1H3,(H,22,25)/b23-16-. The average Bonchev–Trinajstić information content (AvgIpc) is 2.56. The lowest BCUT2D eigenvalue weighted by molar-refractivity contribution is -0.115. The molecule has 8 heteroatoms. The van der Waals surface area contributed by atoms with Gasteiger partial charge in [-0.15, -0.1) is 0 Å². The highest BCUT2D eigenvalue weighted by Crippen LogP contribution is 2.33. The number of benzene rings is 2. The lowest BCUT2D eigenvalue weighted by Gasteiger charge is -2.09. The Kier molecular flexibility index (Phi) is 7.28. The van der Waals surface area contributed by atoms with E-state index in [1.54, 1.807) is 12.1 Å². The van der Waals surface area contributed by atoms with E-state index in [0.717, 1.165) is 11.1 Å². The maximum atomic E-state index is 12.3. The van der Waals surface area contributed by atoms with Crippen LogP contribution in [-0.4, -0.2) is 36.3 Å². The van der Waals surface area contributed by atoms with Gasteiger partial charge < -0.3 is 15.6 Å². The number of carbonyl (C=O) groups is 1. The molecule has 0 fully saturated rings. The van der Waals surface area contributed by atoms with E-state index in [4.69, 9.17) is 0 Å². The van der Waals surface area contributed by atoms with Crippen LogP contribution >= 0.6 is 31.9 Å². The third-order valence-corrected chi connectivity index (χ3v) is 5.02. The van der Waals surface area contributed by atoms with Crippen molar-refractivity contribution in [3.05, 3.63) is 56.0 Å². The fraction of sp³-hybridized carbons (Fsp3) is 0.222. The molecule has 5 nitrogen and oxygen atoms in total. The summed E-state index contributed by atoms with van der Waals surface area (Å²) in [5.74, 6) is -0.341. The van der Waals surface area contributed by atoms with Gasteiger partial charge in [0.2, 0.25) is 0 Å². The normalized spacial score (nSPS) is 11.4. The minimum Gasteiger partial charge on any atom is -0.506 e. The average molecular weight is 482 g/mol. The number of aryl methyl sites for hydroxylation is 1. The number of halogens is 2. The Balaban J connectivity index is 1.96. The molecule has 0 aliphatic rings. The van der Waals surface area contributed by atoms with E-state index in [9.17, 15) is 15.1 Å². The summed E-state index contributed by atoms with van der Waals surface area (Å²) in [7, 11) is 2.04. The number of hydrogen-bond acceptors (Lipinski definition) is 4. The van der Waals surface area contributed by atoms with Crippen molar-refractivity contribution in [1.29, 1.82) is 0 Å². The number of carbonyl (C=O) groups excluding carboxylic acids is 1. The molecule has 1 amide bonds. The first-order valence-electron chi connectivity index (χ1n) is 8.03. The van der Waals surface area contributed by atoms with Gasteiger partial charge in [0.25, 0.3) is 5.91 Å². The Morgan fingerprint density at radius 1 is 1.15 bits per heavy atom. The van der Waals surface area contributed by atoms with Crippen LogP contribution < -0.4 is 10.8 Å². The highest BCUT2D eigenvalue weighted by Gasteiger charge is 2.15. The quantitative estimate of drug-likeness (QED) is 0.256. The maximum Gasteiger partial charge on any atom is 0.269 e. The van der Waals surface area contributed by atoms with E-state index in [2.05, 4.69) is 60.5 Å². The summed E-state index contributed by atoms with van der Waals surface area (Å²) >= 11 is 6.48. The SMILES string of the molecule is Bc1cc(C)cc(CCNC(=O)/C(Cc2cc(Br)c(O)c(Br)c2)=N\O)c1. The van der Waals surface area contributed by atoms with Crippen molar-refractivity contribution in [2.75, 3.05) is 6.54 Å². The first-order valence-corrected chi connectivity index (χ1v) is 9.62. The summed E-state index contributed by atoms with van der Waals surface area (Å²) < 4.78 is 0.990. The van der Waals surface area contributed by atoms with Gasteiger partial charge in [-0.3, -0.25) is 4.79 Å². The molecule has 0 atom stereocenters. The molecule has 2 aromatic carbocycles. The number of nitrogens with one attached hydrogen (secondary N) is 1. The highest BCUT2D eigenvalue weighted by molar-refractivity contribution is 9.11. The molecule has 26 heavy (non-hydrogen) atoms. The third kappa shape index (κ3) is 5.61. The summed E-state index contributed by atoms with van der Waals surface area (Å²) in [6.45, 7) is 2.49. The molecule has 0 heterocycles. The maximum absolute atomic E-state index is 12.3. The van der Waals surface area contributed by atoms with Gasteiger partial charge in [0.15, 0.2) is 0 Å². The second kappa shape index (κ2) is 9.23. The molecule has 0 bridgehead atoms. The number of oxime groups is 1. The van der Waals surface area contributed by atoms with Crippen molar-refractivity contribution >= 4 is 56.8 Å². The minimum absolute atomic E-state index is 0.00918. The molecule has 3 N–H and O–H groups in total. The van der Waals surface area contributed by atoms with E-state index in [1.807, 2.05) is 14.8 Å². The molecule has 0 aliphatic carbocycles. The van der Waals surface area contributed by atoms with Crippen LogP contribution in [0.5, 0.6) is 5.75 Å². The summed E-state index contributed by atoms with van der Waals surface area (Å²) in [4.78, 5) is 12.3. The van der Waals surface area contributed by atoms with Crippen molar-refractivity contribution in [3.8, 4) is 5.75 Å². The molecule has 136 valence electrons. The van der Waals surface area contributed by atoms with Crippen LogP contribution in [0.25, 0.3) is 0 Å². The second-order valence-electron chi connectivity index (χ2n) is 6.13. The molecule has 0 spiro atoms. The predicted molar refractivity (Wildman–Crippen MR) is 113 cm³/mol. The highest BCUT2D eigenvalue weighted by atomic mass is 79.9. The lowest BCUT2D eigenvalue weighted by Crippen LogP contribution is -2.33. The number of phenolic OH excluding ortho intramolecular Hbond substituents is 1. The molecule has 0 saturated carbocycles. The number of nitrogens with zero attached hydrogens (tertiary/aromatic N) is 1.